The van der Waals surface area contributed by atoms with Gasteiger partial charge in [-0.2, -0.15) is 0 Å². The number of aryl methyl sites for hydroxylation is 1. The Hall–Kier alpha value is -11.1. The SMILES string of the molecule is Cc1ccccc1-c1cc(-c2ccc3c(c2)c2c(n3-c3cccc(-n4c5ccc(-c6ccc7oc8ccccc8c7c6)cc5c5cc(-c6ccc7oc8ccccc8c7c6)ccc54)c3)CCC(c3ccc4oc5ccccc5c4c3)=C2)ccc1O. The number of hydrogen-bond acceptors (Lipinski definition) is 4. The van der Waals surface area contributed by atoms with Crippen LogP contribution in [0.2, 0.25) is 0 Å². The molecular weight excluding hydrogens is 1040 g/mol. The first-order valence-corrected chi connectivity index (χ1v) is 29.1. The molecule has 18 rings (SSSR count). The molecule has 1 N–H and O–H groups in total. The largest absolute Gasteiger partial charge is 0.507 e. The minimum atomic E-state index is 0.267. The van der Waals surface area contributed by atoms with Gasteiger partial charge in [0, 0.05) is 76.7 Å². The maximum Gasteiger partial charge on any atom is 0.135 e. The normalized spacial score (nSPS) is 12.8. The maximum absolute atomic E-state index is 11.3. The molecule has 400 valence electrons. The Morgan fingerprint density at radius 2 is 0.741 bits per heavy atom. The number of phenols is 1. The Balaban J connectivity index is 0.818. The third-order valence-electron chi connectivity index (χ3n) is 18.1. The van der Waals surface area contributed by atoms with Crippen LogP contribution in [0, 0.1) is 6.92 Å². The van der Waals surface area contributed by atoms with Crippen molar-refractivity contribution < 1.29 is 18.4 Å². The summed E-state index contributed by atoms with van der Waals surface area (Å²) in [7, 11) is 0. The zero-order valence-electron chi connectivity index (χ0n) is 46.2. The van der Waals surface area contributed by atoms with Gasteiger partial charge < -0.3 is 27.5 Å². The van der Waals surface area contributed by atoms with Crippen molar-refractivity contribution in [3.05, 3.63) is 271 Å². The molecule has 12 aromatic carbocycles. The molecule has 1 aliphatic carbocycles. The fourth-order valence-corrected chi connectivity index (χ4v) is 14.0. The third-order valence-corrected chi connectivity index (χ3v) is 18.1. The zero-order chi connectivity index (χ0) is 56.0. The third kappa shape index (κ3) is 7.38. The molecule has 0 fully saturated rings. The number of rotatable bonds is 7. The number of furan rings is 3. The second-order valence-electron chi connectivity index (χ2n) is 22.9. The van der Waals surface area contributed by atoms with Crippen LogP contribution in [0.4, 0.5) is 0 Å². The summed E-state index contributed by atoms with van der Waals surface area (Å²) >= 11 is 0. The molecule has 0 amide bonds. The van der Waals surface area contributed by atoms with Crippen molar-refractivity contribution in [2.75, 3.05) is 0 Å². The van der Waals surface area contributed by atoms with E-state index in [2.05, 4.69) is 210 Å². The Kier molecular flexibility index (Phi) is 10.2. The lowest BCUT2D eigenvalue weighted by molar-refractivity contribution is 0.477. The first-order chi connectivity index (χ1) is 41.9. The fourth-order valence-electron chi connectivity index (χ4n) is 14.0. The van der Waals surface area contributed by atoms with E-state index >= 15 is 0 Å². The number of para-hydroxylation sites is 3. The van der Waals surface area contributed by atoms with E-state index in [0.717, 1.165) is 157 Å². The zero-order valence-corrected chi connectivity index (χ0v) is 46.2. The number of nitrogens with zero attached hydrogens (tertiary/aromatic N) is 2. The topological polar surface area (TPSA) is 69.5 Å². The van der Waals surface area contributed by atoms with E-state index in [4.69, 9.17) is 13.3 Å². The molecule has 0 spiro atoms. The fraction of sp³-hybridized carbons (Fsp3) is 0.0380. The number of benzene rings is 12. The highest BCUT2D eigenvalue weighted by molar-refractivity contribution is 6.14. The van der Waals surface area contributed by atoms with E-state index in [1.54, 1.807) is 0 Å². The summed E-state index contributed by atoms with van der Waals surface area (Å²) in [6.45, 7) is 2.10. The van der Waals surface area contributed by atoms with Gasteiger partial charge in [-0.15, -0.1) is 0 Å². The monoisotopic (exact) mass is 1090 g/mol. The minimum absolute atomic E-state index is 0.267. The molecule has 0 atom stereocenters. The van der Waals surface area contributed by atoms with E-state index in [-0.39, 0.29) is 5.75 Å². The second-order valence-corrected chi connectivity index (χ2v) is 22.9. The summed E-state index contributed by atoms with van der Waals surface area (Å²) < 4.78 is 23.8. The first-order valence-electron chi connectivity index (χ1n) is 29.1. The van der Waals surface area contributed by atoms with Gasteiger partial charge in [-0.05, 0) is 203 Å². The molecule has 6 nitrogen and oxygen atoms in total. The predicted molar refractivity (Wildman–Crippen MR) is 350 cm³/mol. The van der Waals surface area contributed by atoms with Gasteiger partial charge in [-0.1, -0.05) is 127 Å². The van der Waals surface area contributed by atoms with Crippen LogP contribution < -0.4 is 0 Å². The smallest absolute Gasteiger partial charge is 0.135 e. The average Bonchev–Trinajstić information content (AvgIpc) is 2.09. The van der Waals surface area contributed by atoms with Crippen LogP contribution in [0.15, 0.2) is 262 Å². The Morgan fingerprint density at radius 3 is 1.31 bits per heavy atom. The second kappa shape index (κ2) is 18.2. The van der Waals surface area contributed by atoms with E-state index in [0.29, 0.717) is 0 Å². The van der Waals surface area contributed by atoms with E-state index < -0.39 is 0 Å². The van der Waals surface area contributed by atoms with E-state index in [1.165, 1.54) is 38.6 Å². The number of aromatic nitrogens is 2. The summed E-state index contributed by atoms with van der Waals surface area (Å²) in [6, 6.07) is 88.8. The quantitative estimate of drug-likeness (QED) is 0.173. The number of aromatic hydroxyl groups is 1. The first kappa shape index (κ1) is 47.5. The maximum atomic E-state index is 11.3. The van der Waals surface area contributed by atoms with Crippen LogP contribution in [0.25, 0.3) is 166 Å². The van der Waals surface area contributed by atoms with Gasteiger partial charge in [-0.25, -0.2) is 0 Å². The van der Waals surface area contributed by atoms with Crippen molar-refractivity contribution in [3.8, 4) is 61.6 Å². The Bertz CT molecular complexity index is 5540. The molecule has 5 heterocycles. The number of allylic oxidation sites excluding steroid dienone is 1. The van der Waals surface area contributed by atoms with Crippen molar-refractivity contribution in [1.82, 2.24) is 9.13 Å². The van der Waals surface area contributed by atoms with Crippen molar-refractivity contribution in [3.63, 3.8) is 0 Å². The lowest BCUT2D eigenvalue weighted by Gasteiger charge is -2.18. The summed E-state index contributed by atoms with van der Waals surface area (Å²) in [6.07, 6.45) is 4.16. The van der Waals surface area contributed by atoms with E-state index in [9.17, 15) is 5.11 Å². The lowest BCUT2D eigenvalue weighted by atomic mass is 9.90. The molecule has 5 aromatic heterocycles. The van der Waals surface area contributed by atoms with Gasteiger partial charge in [0.05, 0.1) is 16.6 Å². The highest BCUT2D eigenvalue weighted by atomic mass is 16.3. The summed E-state index contributed by atoms with van der Waals surface area (Å²) in [5.41, 5.74) is 25.5. The van der Waals surface area contributed by atoms with Crippen molar-refractivity contribution >= 4 is 110 Å². The van der Waals surface area contributed by atoms with Crippen LogP contribution in [-0.4, -0.2) is 14.2 Å². The van der Waals surface area contributed by atoms with Gasteiger partial charge in [0.2, 0.25) is 0 Å². The summed E-state index contributed by atoms with van der Waals surface area (Å²) in [4.78, 5) is 0. The van der Waals surface area contributed by atoms with Crippen LogP contribution in [0.1, 0.15) is 28.8 Å². The Morgan fingerprint density at radius 1 is 0.318 bits per heavy atom. The molecule has 0 radical (unpaired) electrons. The highest BCUT2D eigenvalue weighted by Crippen LogP contribution is 2.45. The Labute approximate surface area is 487 Å². The molecule has 1 aliphatic rings. The molecule has 85 heavy (non-hydrogen) atoms. The van der Waals surface area contributed by atoms with Crippen LogP contribution in [0.3, 0.4) is 0 Å². The van der Waals surface area contributed by atoms with Gasteiger partial charge in [-0.3, -0.25) is 0 Å². The molecular formula is C79H50N2O4. The number of fused-ring (bicyclic) bond motifs is 15. The number of phenolic OH excluding ortho intramolecular Hbond substituents is 1. The van der Waals surface area contributed by atoms with Gasteiger partial charge >= 0.3 is 0 Å². The summed E-state index contributed by atoms with van der Waals surface area (Å²) in [5, 5.41) is 21.5. The van der Waals surface area contributed by atoms with Crippen LogP contribution >= 0.6 is 0 Å². The molecule has 0 bridgehead atoms. The molecule has 0 aliphatic heterocycles. The lowest BCUT2D eigenvalue weighted by Crippen LogP contribution is -2.06. The van der Waals surface area contributed by atoms with Gasteiger partial charge in [0.15, 0.2) is 0 Å². The average molecular weight is 1090 g/mol. The van der Waals surface area contributed by atoms with Crippen molar-refractivity contribution in [2.24, 2.45) is 0 Å². The number of hydrogen-bond donors (Lipinski definition) is 1. The highest BCUT2D eigenvalue weighted by Gasteiger charge is 2.25. The molecule has 0 saturated carbocycles. The molecule has 6 heteroatoms. The van der Waals surface area contributed by atoms with Gasteiger partial charge in [0.25, 0.3) is 0 Å². The molecule has 0 saturated heterocycles. The van der Waals surface area contributed by atoms with Crippen molar-refractivity contribution in [1.29, 1.82) is 0 Å². The van der Waals surface area contributed by atoms with Crippen molar-refractivity contribution in [2.45, 2.75) is 19.8 Å². The van der Waals surface area contributed by atoms with E-state index in [1.807, 2.05) is 60.7 Å². The minimum Gasteiger partial charge on any atom is -0.507 e. The van der Waals surface area contributed by atoms with Crippen LogP contribution in [0.5, 0.6) is 5.75 Å². The standard InChI is InChI=1S/C79H50N2O4/c1-46-11-2-3-14-57(46)65-41-51(25-33-73(65)82)47-21-29-69-61(37-47)62-38-48(52-26-34-77-66(42-52)58-15-4-7-18-74(58)83-77)22-30-70(62)80(69)55-12-10-13-56(45-55)81-71-31-23-49(53-27-35-78-67(43-53)59-16-5-8-19-75(59)84-78)39-63(71)64-40-50(24-32-72(64)81)54-28-36-79-68(44-54)60-17-6-9-20-76(60)85-79/h2-21,23-29,31-45,82H,22,30H2,1H3. The molecule has 0 unspecified atom stereocenters. The van der Waals surface area contributed by atoms with Gasteiger partial charge in [0.1, 0.15) is 39.2 Å². The molecule has 17 aromatic rings. The van der Waals surface area contributed by atoms with Crippen LogP contribution in [-0.2, 0) is 6.42 Å². The summed E-state index contributed by atoms with van der Waals surface area (Å²) in [5.74, 6) is 0.267. The predicted octanol–water partition coefficient (Wildman–Crippen LogP) is 21.6.